The van der Waals surface area contributed by atoms with E-state index in [9.17, 15) is 14.4 Å². The molecule has 0 radical (unpaired) electrons. The van der Waals surface area contributed by atoms with E-state index in [1.54, 1.807) is 24.3 Å². The fourth-order valence-corrected chi connectivity index (χ4v) is 4.76. The summed E-state index contributed by atoms with van der Waals surface area (Å²) in [6.07, 6.45) is 0.192. The number of ketones is 1. The minimum absolute atomic E-state index is 0.00613. The maximum atomic E-state index is 13.1. The minimum atomic E-state index is -0.434. The molecule has 2 amide bonds. The molecule has 2 aliphatic rings. The first-order valence-electron chi connectivity index (χ1n) is 11.3. The van der Waals surface area contributed by atoms with Crippen LogP contribution in [0.2, 0.25) is 5.02 Å². The van der Waals surface area contributed by atoms with Crippen molar-refractivity contribution in [2.45, 2.75) is 12.5 Å². The number of rotatable bonds is 5. The molecule has 0 unspecified atom stereocenters. The predicted molar refractivity (Wildman–Crippen MR) is 132 cm³/mol. The molecule has 7 heteroatoms. The topological polar surface area (TPSA) is 60.9 Å². The van der Waals surface area contributed by atoms with Crippen LogP contribution in [-0.4, -0.2) is 54.7 Å². The fourth-order valence-electron chi connectivity index (χ4n) is 4.63. The van der Waals surface area contributed by atoms with Crippen molar-refractivity contribution in [1.82, 2.24) is 4.90 Å². The van der Waals surface area contributed by atoms with Crippen LogP contribution in [0.1, 0.15) is 22.3 Å². The monoisotopic (exact) mass is 473 g/mol. The number of hydrogen-bond donors (Lipinski definition) is 0. The van der Waals surface area contributed by atoms with Crippen molar-refractivity contribution < 1.29 is 14.4 Å². The lowest BCUT2D eigenvalue weighted by molar-refractivity contribution is -0.123. The lowest BCUT2D eigenvalue weighted by atomic mass is 10.0. The normalized spacial score (nSPS) is 19.0. The summed E-state index contributed by atoms with van der Waals surface area (Å²) < 4.78 is 0. The Bertz CT molecular complexity index is 1200. The van der Waals surface area contributed by atoms with E-state index in [1.807, 2.05) is 54.6 Å². The van der Waals surface area contributed by atoms with E-state index in [1.165, 1.54) is 4.90 Å². The molecule has 2 fully saturated rings. The number of anilines is 2. The quantitative estimate of drug-likeness (QED) is 0.413. The highest BCUT2D eigenvalue weighted by Crippen LogP contribution is 2.28. The van der Waals surface area contributed by atoms with Crippen molar-refractivity contribution >= 4 is 40.6 Å². The molecule has 34 heavy (non-hydrogen) atoms. The largest absolute Gasteiger partial charge is 0.369 e. The summed E-state index contributed by atoms with van der Waals surface area (Å²) in [5, 5.41) is 0.563. The molecule has 2 saturated heterocycles. The molecular weight excluding hydrogens is 450 g/mol. The zero-order chi connectivity index (χ0) is 23.7. The van der Waals surface area contributed by atoms with Crippen LogP contribution in [0.15, 0.2) is 78.9 Å². The Morgan fingerprint density at radius 1 is 0.735 bits per heavy atom. The minimum Gasteiger partial charge on any atom is -0.369 e. The summed E-state index contributed by atoms with van der Waals surface area (Å²) in [4.78, 5) is 43.9. The van der Waals surface area contributed by atoms with Crippen molar-refractivity contribution in [3.63, 3.8) is 0 Å². The summed E-state index contributed by atoms with van der Waals surface area (Å²) in [5.41, 5.74) is 2.93. The van der Waals surface area contributed by atoms with E-state index >= 15 is 0 Å². The van der Waals surface area contributed by atoms with Crippen LogP contribution in [0.5, 0.6) is 0 Å². The lowest BCUT2D eigenvalue weighted by Crippen LogP contribution is -2.52. The van der Waals surface area contributed by atoms with Crippen LogP contribution in [0.4, 0.5) is 11.4 Å². The van der Waals surface area contributed by atoms with Crippen molar-refractivity contribution in [3.8, 4) is 0 Å². The lowest BCUT2D eigenvalue weighted by Gasteiger charge is -2.38. The van der Waals surface area contributed by atoms with Gasteiger partial charge in [-0.25, -0.2) is 4.90 Å². The van der Waals surface area contributed by atoms with E-state index in [-0.39, 0.29) is 24.0 Å². The van der Waals surface area contributed by atoms with Crippen molar-refractivity contribution in [1.29, 1.82) is 0 Å². The van der Waals surface area contributed by atoms with Gasteiger partial charge in [0.05, 0.1) is 18.2 Å². The standard InChI is InChI=1S/C27H24ClN3O3/c28-21-8-12-23(13-9-21)31-25(32)18-24(27(31)34)30-16-14-29(15-17-30)22-10-6-20(7-11-22)26(33)19-4-2-1-3-5-19/h1-13,24H,14-18H2/t24-/m1/s1. The summed E-state index contributed by atoms with van der Waals surface area (Å²) in [6, 6.07) is 23.2. The second kappa shape index (κ2) is 9.41. The number of carbonyl (C=O) groups is 3. The maximum absolute atomic E-state index is 13.1. The van der Waals surface area contributed by atoms with Gasteiger partial charge in [0, 0.05) is 48.0 Å². The highest BCUT2D eigenvalue weighted by Gasteiger charge is 2.43. The number of nitrogens with zero attached hydrogens (tertiary/aromatic N) is 3. The van der Waals surface area contributed by atoms with E-state index < -0.39 is 6.04 Å². The van der Waals surface area contributed by atoms with Gasteiger partial charge in [-0.3, -0.25) is 19.3 Å². The van der Waals surface area contributed by atoms with Crippen LogP contribution >= 0.6 is 11.6 Å². The number of carbonyl (C=O) groups excluding carboxylic acids is 3. The first-order chi connectivity index (χ1) is 16.5. The molecule has 0 aromatic heterocycles. The smallest absolute Gasteiger partial charge is 0.251 e. The van der Waals surface area contributed by atoms with Crippen LogP contribution < -0.4 is 9.80 Å². The molecule has 6 nitrogen and oxygen atoms in total. The number of imide groups is 1. The van der Waals surface area contributed by atoms with Crippen molar-refractivity contribution in [3.05, 3.63) is 95.0 Å². The van der Waals surface area contributed by atoms with E-state index in [0.717, 1.165) is 18.8 Å². The van der Waals surface area contributed by atoms with Crippen molar-refractivity contribution in [2.75, 3.05) is 36.0 Å². The van der Waals surface area contributed by atoms with Crippen molar-refractivity contribution in [2.24, 2.45) is 0 Å². The molecular formula is C27H24ClN3O3. The Morgan fingerprint density at radius 2 is 1.32 bits per heavy atom. The Labute approximate surface area is 203 Å². The van der Waals surface area contributed by atoms with Gasteiger partial charge >= 0.3 is 0 Å². The molecule has 172 valence electrons. The molecule has 0 N–H and O–H groups in total. The third-order valence-corrected chi connectivity index (χ3v) is 6.75. The molecule has 3 aromatic carbocycles. The first-order valence-corrected chi connectivity index (χ1v) is 11.7. The third-order valence-electron chi connectivity index (χ3n) is 6.49. The van der Waals surface area contributed by atoms with E-state index in [4.69, 9.17) is 11.6 Å². The molecule has 1 atom stereocenters. The first kappa shape index (κ1) is 22.3. The molecule has 0 spiro atoms. The van der Waals surface area contributed by atoms with Crippen LogP contribution in [0.25, 0.3) is 0 Å². The number of hydrogen-bond acceptors (Lipinski definition) is 5. The molecule has 2 aliphatic heterocycles. The zero-order valence-corrected chi connectivity index (χ0v) is 19.3. The highest BCUT2D eigenvalue weighted by atomic mass is 35.5. The van der Waals surface area contributed by atoms with Gasteiger partial charge in [0.15, 0.2) is 5.78 Å². The Balaban J connectivity index is 1.21. The number of benzene rings is 3. The Morgan fingerprint density at radius 3 is 1.97 bits per heavy atom. The Kier molecular flexibility index (Phi) is 6.18. The molecule has 0 aliphatic carbocycles. The SMILES string of the molecule is O=C(c1ccccc1)c1ccc(N2CCN([C@@H]3CC(=O)N(c4ccc(Cl)cc4)C3=O)CC2)cc1. The van der Waals surface area contributed by atoms with Gasteiger partial charge in [-0.15, -0.1) is 0 Å². The molecule has 0 saturated carbocycles. The second-order valence-corrected chi connectivity index (χ2v) is 8.97. The summed E-state index contributed by atoms with van der Waals surface area (Å²) in [7, 11) is 0. The average Bonchev–Trinajstić information content (AvgIpc) is 3.18. The number of piperazine rings is 1. The summed E-state index contributed by atoms with van der Waals surface area (Å²) in [5.74, 6) is -0.352. The van der Waals surface area contributed by atoms with Gasteiger partial charge < -0.3 is 4.90 Å². The number of halogens is 1. The second-order valence-electron chi connectivity index (χ2n) is 8.53. The van der Waals surface area contributed by atoms with Crippen LogP contribution in [-0.2, 0) is 9.59 Å². The van der Waals surface area contributed by atoms with Crippen LogP contribution in [0, 0.1) is 0 Å². The van der Waals surface area contributed by atoms with E-state index in [0.29, 0.717) is 34.9 Å². The average molecular weight is 474 g/mol. The van der Waals surface area contributed by atoms with Gasteiger partial charge in [-0.1, -0.05) is 41.9 Å². The maximum Gasteiger partial charge on any atom is 0.251 e. The van der Waals surface area contributed by atoms with Gasteiger partial charge in [-0.05, 0) is 48.5 Å². The van der Waals surface area contributed by atoms with Gasteiger partial charge in [0.2, 0.25) is 5.91 Å². The molecule has 2 heterocycles. The molecule has 3 aromatic rings. The zero-order valence-electron chi connectivity index (χ0n) is 18.6. The number of amides is 2. The third kappa shape index (κ3) is 4.34. The fraction of sp³-hybridized carbons (Fsp3) is 0.222. The molecule has 5 rings (SSSR count). The van der Waals surface area contributed by atoms with E-state index in [2.05, 4.69) is 9.80 Å². The summed E-state index contributed by atoms with van der Waals surface area (Å²) in [6.45, 7) is 2.85. The summed E-state index contributed by atoms with van der Waals surface area (Å²) >= 11 is 5.94. The van der Waals surface area contributed by atoms with Gasteiger partial charge in [0.25, 0.3) is 5.91 Å². The Hall–Kier alpha value is -3.48. The molecule has 0 bridgehead atoms. The van der Waals surface area contributed by atoms with Gasteiger partial charge in [0.1, 0.15) is 0 Å². The predicted octanol–water partition coefficient (Wildman–Crippen LogP) is 4.03. The van der Waals surface area contributed by atoms with Gasteiger partial charge in [-0.2, -0.15) is 0 Å². The van der Waals surface area contributed by atoms with Crippen LogP contribution in [0.3, 0.4) is 0 Å². The highest BCUT2D eigenvalue weighted by molar-refractivity contribution is 6.30.